The van der Waals surface area contributed by atoms with Gasteiger partial charge in [-0.15, -0.1) is 0 Å². The predicted octanol–water partition coefficient (Wildman–Crippen LogP) is 9.80. The van der Waals surface area contributed by atoms with Crippen LogP contribution in [0.3, 0.4) is 0 Å². The number of nitrogens with zero attached hydrogens (tertiary/aromatic N) is 2. The first-order valence-corrected chi connectivity index (χ1v) is 16.5. The van der Waals surface area contributed by atoms with Crippen LogP contribution < -0.4 is 4.74 Å². The molecule has 3 aliphatic rings. The fourth-order valence-electron chi connectivity index (χ4n) is 4.79. The fraction of sp³-hybridized carbons (Fsp3) is 0.529. The summed E-state index contributed by atoms with van der Waals surface area (Å²) < 4.78 is 19.3. The van der Waals surface area contributed by atoms with E-state index in [1.165, 1.54) is 44.0 Å². The maximum atomic E-state index is 14.1. The normalized spacial score (nSPS) is 16.0. The molecule has 1 N–H and O–H groups in total. The highest BCUT2D eigenvalue weighted by Gasteiger charge is 2.30. The van der Waals surface area contributed by atoms with Gasteiger partial charge in [0, 0.05) is 40.8 Å². The lowest BCUT2D eigenvalue weighted by Gasteiger charge is -2.26. The molecule has 2 aromatic carbocycles. The summed E-state index contributed by atoms with van der Waals surface area (Å²) in [7, 11) is 1.54. The highest BCUT2D eigenvalue weighted by Crippen LogP contribution is 2.45. The molecule has 0 atom stereocenters. The lowest BCUT2D eigenvalue weighted by molar-refractivity contribution is -0.122. The van der Waals surface area contributed by atoms with Crippen LogP contribution in [0.5, 0.6) is 5.75 Å². The number of allylic oxidation sites excluding steroid dienone is 2. The summed E-state index contributed by atoms with van der Waals surface area (Å²) in [4.78, 5) is 24.9. The number of hydrogen-bond donors (Lipinski definition) is 1. The van der Waals surface area contributed by atoms with Crippen LogP contribution in [0.2, 0.25) is 10.0 Å². The van der Waals surface area contributed by atoms with Crippen LogP contribution in [-0.2, 0) is 11.3 Å². The van der Waals surface area contributed by atoms with Crippen LogP contribution >= 0.6 is 34.8 Å². The molecule has 5 rings (SSSR count). The highest BCUT2D eigenvalue weighted by atomic mass is 35.5. The lowest BCUT2D eigenvalue weighted by Crippen LogP contribution is -2.29. The van der Waals surface area contributed by atoms with E-state index in [0.717, 1.165) is 66.0 Å². The van der Waals surface area contributed by atoms with Crippen molar-refractivity contribution in [3.8, 4) is 5.75 Å². The Morgan fingerprint density at radius 1 is 0.977 bits per heavy atom. The van der Waals surface area contributed by atoms with Crippen molar-refractivity contribution in [2.24, 2.45) is 0 Å². The fourth-order valence-corrected chi connectivity index (χ4v) is 5.37. The van der Waals surface area contributed by atoms with Crippen molar-refractivity contribution in [3.63, 3.8) is 0 Å². The number of carboxylic acid groups (broad SMARTS) is 1. The molecular weight excluding hydrogens is 626 g/mol. The van der Waals surface area contributed by atoms with Crippen LogP contribution in [0.25, 0.3) is 0 Å². The first-order valence-electron chi connectivity index (χ1n) is 15.3. The summed E-state index contributed by atoms with van der Waals surface area (Å²) in [6.45, 7) is 12.4. The van der Waals surface area contributed by atoms with E-state index in [9.17, 15) is 9.18 Å². The second-order valence-corrected chi connectivity index (χ2v) is 11.9. The monoisotopic (exact) mass is 672 g/mol. The van der Waals surface area contributed by atoms with Gasteiger partial charge in [0.25, 0.3) is 12.4 Å². The van der Waals surface area contributed by atoms with E-state index in [0.29, 0.717) is 11.7 Å². The minimum atomic E-state index is -0.474. The number of carbonyl (C=O) groups excluding carboxylic acids is 1. The van der Waals surface area contributed by atoms with Crippen molar-refractivity contribution in [1.29, 1.82) is 0 Å². The molecule has 2 aromatic rings. The van der Waals surface area contributed by atoms with Gasteiger partial charge in [0.05, 0.1) is 12.7 Å². The molecule has 0 aromatic heterocycles. The highest BCUT2D eigenvalue weighted by molar-refractivity contribution is 6.34. The molecule has 6 nitrogen and oxygen atoms in total. The predicted molar refractivity (Wildman–Crippen MR) is 181 cm³/mol. The van der Waals surface area contributed by atoms with Gasteiger partial charge in [-0.3, -0.25) is 14.5 Å². The Labute approximate surface area is 278 Å². The van der Waals surface area contributed by atoms with Gasteiger partial charge in [0.2, 0.25) is 0 Å². The van der Waals surface area contributed by atoms with Gasteiger partial charge in [-0.1, -0.05) is 61.1 Å². The second-order valence-electron chi connectivity index (χ2n) is 10.4. The van der Waals surface area contributed by atoms with Crippen LogP contribution in [-0.4, -0.2) is 60.6 Å². The van der Waals surface area contributed by atoms with Crippen molar-refractivity contribution in [2.75, 3.05) is 33.3 Å². The summed E-state index contributed by atoms with van der Waals surface area (Å²) in [5.41, 5.74) is 2.39. The summed E-state index contributed by atoms with van der Waals surface area (Å²) in [6, 6.07) is 8.84. The minimum Gasteiger partial charge on any atom is -0.496 e. The number of hydrogen-bond acceptors (Lipinski definition) is 4. The maximum absolute atomic E-state index is 14.1. The number of rotatable bonds is 5. The number of halogens is 4. The third-order valence-electron chi connectivity index (χ3n) is 7.14. The quantitative estimate of drug-likeness (QED) is 0.320. The van der Waals surface area contributed by atoms with Gasteiger partial charge in [-0.05, 0) is 107 Å². The van der Waals surface area contributed by atoms with Crippen LogP contribution in [0.15, 0.2) is 41.4 Å². The Hall–Kier alpha value is -2.32. The third-order valence-corrected chi connectivity index (χ3v) is 7.79. The molecule has 0 unspecified atom stereocenters. The largest absolute Gasteiger partial charge is 0.496 e. The molecule has 0 radical (unpaired) electrons. The minimum absolute atomic E-state index is 0.181. The summed E-state index contributed by atoms with van der Waals surface area (Å²) in [6.07, 6.45) is 10.1. The Kier molecular flexibility index (Phi) is 20.1. The molecule has 1 amide bonds. The number of ether oxygens (including phenoxy) is 1. The molecule has 3 fully saturated rings. The molecular formula is C34H48Cl3FN2O4. The summed E-state index contributed by atoms with van der Waals surface area (Å²) in [5.74, 6) is 0.344. The molecule has 10 heteroatoms. The Bertz CT molecular complexity index is 1160. The van der Waals surface area contributed by atoms with Crippen molar-refractivity contribution < 1.29 is 23.8 Å². The molecule has 44 heavy (non-hydrogen) atoms. The van der Waals surface area contributed by atoms with E-state index in [4.69, 9.17) is 49.4 Å². The smallest absolute Gasteiger partial charge is 0.290 e. The summed E-state index contributed by atoms with van der Waals surface area (Å²) >= 11 is 17.3. The molecule has 2 heterocycles. The first-order chi connectivity index (χ1) is 21.1. The molecule has 2 saturated heterocycles. The topological polar surface area (TPSA) is 70.1 Å². The summed E-state index contributed by atoms with van der Waals surface area (Å²) in [5, 5.41) is 9.20. The zero-order valence-corrected chi connectivity index (χ0v) is 29.0. The standard InChI is InChI=1S/C15H18FNO2.C12H15Cl2N.C4H7Cl.C2H6.CH2O2/c1-19-14-9-13(16)12(8-11(14)10-4-5-10)15(18)17-6-2-3-7-17;13-11-6-10(7-12(14)8-11)9-15-4-2-1-3-5-15;1-3-4(2)5;1-2;2-1-3/h8-10H,2-7H2,1H3;6-8H,1-5,9H2;3H,1-2H3;1-2H3;1H,(H,2,3)/b;;4-3+;;. The maximum Gasteiger partial charge on any atom is 0.290 e. The molecule has 1 saturated carbocycles. The molecule has 1 aliphatic carbocycles. The average Bonchev–Trinajstić information content (AvgIpc) is 3.71. The van der Waals surface area contributed by atoms with E-state index in [1.54, 1.807) is 24.1 Å². The van der Waals surface area contributed by atoms with Crippen molar-refractivity contribution in [2.45, 2.75) is 85.1 Å². The van der Waals surface area contributed by atoms with Crippen LogP contribution in [0.4, 0.5) is 4.39 Å². The first kappa shape index (κ1) is 39.7. The zero-order valence-electron chi connectivity index (χ0n) is 26.7. The Morgan fingerprint density at radius 3 is 1.93 bits per heavy atom. The van der Waals surface area contributed by atoms with Gasteiger partial charge < -0.3 is 14.7 Å². The van der Waals surface area contributed by atoms with E-state index < -0.39 is 5.82 Å². The van der Waals surface area contributed by atoms with Crippen molar-refractivity contribution >= 4 is 47.2 Å². The number of piperidine rings is 1. The van der Waals surface area contributed by atoms with Crippen LogP contribution in [0.1, 0.15) is 100 Å². The van der Waals surface area contributed by atoms with E-state index in [2.05, 4.69) is 4.90 Å². The average molecular weight is 674 g/mol. The van der Waals surface area contributed by atoms with Crippen molar-refractivity contribution in [1.82, 2.24) is 9.80 Å². The third kappa shape index (κ3) is 14.6. The van der Waals surface area contributed by atoms with Gasteiger partial charge in [0.1, 0.15) is 11.6 Å². The Morgan fingerprint density at radius 2 is 1.48 bits per heavy atom. The molecule has 246 valence electrons. The van der Waals surface area contributed by atoms with E-state index >= 15 is 0 Å². The molecule has 2 aliphatic heterocycles. The van der Waals surface area contributed by atoms with Crippen molar-refractivity contribution in [3.05, 3.63) is 74.0 Å². The van der Waals surface area contributed by atoms with Gasteiger partial charge in [0.15, 0.2) is 0 Å². The van der Waals surface area contributed by atoms with E-state index in [1.807, 2.05) is 45.9 Å². The van der Waals surface area contributed by atoms with Gasteiger partial charge in [-0.25, -0.2) is 4.39 Å². The number of methoxy groups -OCH3 is 1. The number of likely N-dealkylation sites (tertiary alicyclic amines) is 2. The SMILES string of the molecule is C/C=C(\C)Cl.CC.COc1cc(F)c(C(=O)N2CCCC2)cc1C1CC1.Clc1cc(Cl)cc(CN2CCCCC2)c1.O=CO. The Balaban J connectivity index is 0.000000345. The second kappa shape index (κ2) is 22.2. The molecule has 0 bridgehead atoms. The van der Waals surface area contributed by atoms with E-state index in [-0.39, 0.29) is 17.9 Å². The lowest BCUT2D eigenvalue weighted by atomic mass is 10.0. The number of carbonyl (C=O) groups is 2. The number of amides is 1. The van der Waals surface area contributed by atoms with Crippen LogP contribution in [0, 0.1) is 5.82 Å². The zero-order chi connectivity index (χ0) is 33.1. The van der Waals surface area contributed by atoms with Gasteiger partial charge in [-0.2, -0.15) is 0 Å². The van der Waals surface area contributed by atoms with Gasteiger partial charge >= 0.3 is 0 Å². The molecule has 0 spiro atoms. The number of benzene rings is 2.